The molecule has 2 aliphatic heterocycles. The number of thiophene rings is 2. The zero-order valence-electron chi connectivity index (χ0n) is 31.5. The van der Waals surface area contributed by atoms with Crippen molar-refractivity contribution in [2.24, 2.45) is 11.8 Å². The summed E-state index contributed by atoms with van der Waals surface area (Å²) in [6, 6.07) is 9.04. The monoisotopic (exact) mass is 770 g/mol. The van der Waals surface area contributed by atoms with Crippen LogP contribution in [0.5, 0.6) is 0 Å². The van der Waals surface area contributed by atoms with Gasteiger partial charge in [0, 0.05) is 53.6 Å². The largest absolute Gasteiger partial charge is 0.482 e. The van der Waals surface area contributed by atoms with Crippen molar-refractivity contribution in [1.29, 1.82) is 10.5 Å². The van der Waals surface area contributed by atoms with Gasteiger partial charge in [-0.15, -0.1) is 22.7 Å². The average Bonchev–Trinajstić information content (AvgIpc) is 3.90. The molecule has 2 spiro atoms. The van der Waals surface area contributed by atoms with E-state index >= 15 is 0 Å². The van der Waals surface area contributed by atoms with Gasteiger partial charge in [-0.1, -0.05) is 37.1 Å². The lowest BCUT2D eigenvalue weighted by molar-refractivity contribution is -0.0339. The fourth-order valence-corrected chi connectivity index (χ4v) is 13.3. The topological polar surface area (TPSA) is 74.8 Å². The van der Waals surface area contributed by atoms with Gasteiger partial charge in [0.15, 0.2) is 0 Å². The molecule has 6 nitrogen and oxygen atoms in total. The first kappa shape index (κ1) is 35.3. The predicted octanol–water partition coefficient (Wildman–Crippen LogP) is 13.2. The lowest BCUT2D eigenvalue weighted by Gasteiger charge is -2.46. The van der Waals surface area contributed by atoms with Crippen LogP contribution in [0.25, 0.3) is 32.0 Å². The summed E-state index contributed by atoms with van der Waals surface area (Å²) in [6.45, 7) is 15.1. The van der Waals surface area contributed by atoms with E-state index in [2.05, 4.69) is 70.4 Å². The second kappa shape index (κ2) is 13.8. The van der Waals surface area contributed by atoms with E-state index < -0.39 is 0 Å². The minimum Gasteiger partial charge on any atom is -0.482 e. The summed E-state index contributed by atoms with van der Waals surface area (Å²) >= 11 is 3.73. The minimum atomic E-state index is -0.333. The molecular weight excluding hydrogens is 729 g/mol. The van der Waals surface area contributed by atoms with Gasteiger partial charge in [0.25, 0.3) is 11.4 Å². The maximum Gasteiger partial charge on any atom is 0.265 e. The summed E-state index contributed by atoms with van der Waals surface area (Å²) < 4.78 is 14.5. The van der Waals surface area contributed by atoms with Crippen molar-refractivity contribution < 1.29 is 9.47 Å². The highest BCUT2D eigenvalue weighted by atomic mass is 32.1. The second-order valence-electron chi connectivity index (χ2n) is 16.6. The quantitative estimate of drug-likeness (QED) is 0.225. The van der Waals surface area contributed by atoms with Gasteiger partial charge in [-0.2, -0.15) is 0 Å². The van der Waals surface area contributed by atoms with E-state index in [0.717, 1.165) is 113 Å². The number of allylic oxidation sites excluding steroid dienone is 14. The third-order valence-electron chi connectivity index (χ3n) is 13.4. The van der Waals surface area contributed by atoms with Crippen molar-refractivity contribution >= 4 is 45.0 Å². The van der Waals surface area contributed by atoms with E-state index in [1.165, 1.54) is 65.8 Å². The maximum atomic E-state index is 9.63. The third-order valence-corrected chi connectivity index (χ3v) is 15.9. The number of nitriles is 2. The Morgan fingerprint density at radius 3 is 1.43 bits per heavy atom. The molecule has 0 saturated heterocycles. The minimum absolute atomic E-state index is 0.142. The third kappa shape index (κ3) is 5.65. The number of nitrogens with zero attached hydrogens (tertiary/aromatic N) is 4. The summed E-state index contributed by atoms with van der Waals surface area (Å²) in [4.78, 5) is 12.2. The Labute approximate surface area is 337 Å². The maximum absolute atomic E-state index is 9.63. The summed E-state index contributed by atoms with van der Waals surface area (Å²) in [6.07, 6.45) is 30.4. The van der Waals surface area contributed by atoms with Crippen LogP contribution in [-0.2, 0) is 20.7 Å². The zero-order valence-corrected chi connectivity index (χ0v) is 33.1. The van der Waals surface area contributed by atoms with Crippen molar-refractivity contribution in [1.82, 2.24) is 0 Å². The molecule has 0 aromatic carbocycles. The molecule has 0 bridgehead atoms. The van der Waals surface area contributed by atoms with Gasteiger partial charge in [0.05, 0.1) is 25.3 Å². The molecule has 56 heavy (non-hydrogen) atoms. The fraction of sp³-hybridized carbons (Fsp3) is 0.417. The first-order valence-corrected chi connectivity index (χ1v) is 22.1. The number of rotatable bonds is 2. The SMILES string of the molecule is [C-]#[N+]/C(C#N)=C1\C=C(c2cc3c(s2)C2=CC4C=C5OC6(CCCCC6)c6cc(C7=C/C(=C(\C#N)[N+]#[C-])CCC7)sc6C5=CC4C=C2OC32CCCCC2)CCC1. The van der Waals surface area contributed by atoms with Crippen LogP contribution in [0, 0.1) is 47.6 Å². The molecule has 10 rings (SSSR count). The molecule has 2 unspecified atom stereocenters. The summed E-state index contributed by atoms with van der Waals surface area (Å²) in [5, 5.41) is 19.3. The van der Waals surface area contributed by atoms with Crippen molar-refractivity contribution in [3.63, 3.8) is 0 Å². The number of hydrogen-bond donors (Lipinski definition) is 0. The van der Waals surface area contributed by atoms with Crippen LogP contribution in [0.4, 0.5) is 0 Å². The molecule has 8 aliphatic rings. The van der Waals surface area contributed by atoms with Crippen molar-refractivity contribution in [3.05, 3.63) is 136 Å². The Morgan fingerprint density at radius 1 is 0.607 bits per heavy atom. The van der Waals surface area contributed by atoms with Gasteiger partial charge in [0.1, 0.15) is 22.7 Å². The number of hydrogen-bond acceptors (Lipinski definition) is 6. The van der Waals surface area contributed by atoms with E-state index in [9.17, 15) is 10.5 Å². The molecule has 0 radical (unpaired) electrons. The first-order chi connectivity index (χ1) is 27.4. The zero-order chi connectivity index (χ0) is 38.0. The first-order valence-electron chi connectivity index (χ1n) is 20.4. The van der Waals surface area contributed by atoms with Gasteiger partial charge in [-0.05, 0) is 136 Å². The van der Waals surface area contributed by atoms with Gasteiger partial charge in [-0.25, -0.2) is 20.2 Å². The van der Waals surface area contributed by atoms with Gasteiger partial charge in [-0.3, -0.25) is 0 Å². The highest BCUT2D eigenvalue weighted by molar-refractivity contribution is 7.15. The molecule has 2 aromatic heterocycles. The van der Waals surface area contributed by atoms with Crippen LogP contribution in [0.2, 0.25) is 0 Å². The molecule has 2 atom stereocenters. The van der Waals surface area contributed by atoms with Crippen LogP contribution in [-0.4, -0.2) is 0 Å². The molecule has 0 N–H and O–H groups in total. The van der Waals surface area contributed by atoms with Gasteiger partial charge in [0.2, 0.25) is 0 Å². The van der Waals surface area contributed by atoms with Crippen LogP contribution in [0.1, 0.15) is 133 Å². The van der Waals surface area contributed by atoms with Crippen molar-refractivity contribution in [3.8, 4) is 12.1 Å². The normalized spacial score (nSPS) is 27.0. The smallest absolute Gasteiger partial charge is 0.265 e. The predicted molar refractivity (Wildman–Crippen MR) is 222 cm³/mol. The highest BCUT2D eigenvalue weighted by Gasteiger charge is 2.49. The van der Waals surface area contributed by atoms with Gasteiger partial charge >= 0.3 is 0 Å². The molecule has 0 amide bonds. The molecule has 2 fully saturated rings. The van der Waals surface area contributed by atoms with Crippen LogP contribution < -0.4 is 0 Å². The second-order valence-corrected chi connectivity index (χ2v) is 18.7. The highest BCUT2D eigenvalue weighted by Crippen LogP contribution is 2.59. The lowest BCUT2D eigenvalue weighted by atomic mass is 9.72. The molecule has 6 aliphatic carbocycles. The van der Waals surface area contributed by atoms with E-state index in [4.69, 9.17) is 22.6 Å². The standard InChI is InChI=1S/C48H42N4O2S2/c1-51-39(27-49)29-11-9-13-31(19-29)43-25-37-45(55-43)35-21-33-24-42-36(22-34(33)23-41(35)53-47(37)15-5-3-6-16-47)46-38(48(54-42)17-7-4-8-18-48)26-44(56-46)32-14-10-12-30(20-32)40(28-50)52-2/h19-26,33-34H,3-18H2/b39-29-,40-30+. The fourth-order valence-electron chi connectivity index (χ4n) is 10.6. The Balaban J connectivity index is 1.06. The molecule has 278 valence electrons. The van der Waals surface area contributed by atoms with E-state index in [1.807, 2.05) is 22.7 Å². The Morgan fingerprint density at radius 2 is 1.04 bits per heavy atom. The Kier molecular flexibility index (Phi) is 8.71. The molecule has 2 saturated carbocycles. The number of fused-ring (bicyclic) bond motifs is 9. The van der Waals surface area contributed by atoms with Crippen molar-refractivity contribution in [2.75, 3.05) is 0 Å². The summed E-state index contributed by atoms with van der Waals surface area (Å²) in [7, 11) is 0. The molecule has 4 heterocycles. The van der Waals surface area contributed by atoms with Gasteiger partial charge < -0.3 is 9.47 Å². The van der Waals surface area contributed by atoms with Crippen LogP contribution in [0.3, 0.4) is 0 Å². The summed E-state index contributed by atoms with van der Waals surface area (Å²) in [5.41, 5.74) is 8.99. The lowest BCUT2D eigenvalue weighted by Crippen LogP contribution is -2.37. The van der Waals surface area contributed by atoms with E-state index in [1.54, 1.807) is 0 Å². The van der Waals surface area contributed by atoms with Crippen LogP contribution >= 0.6 is 22.7 Å². The molecule has 2 aromatic rings. The average molecular weight is 771 g/mol. The van der Waals surface area contributed by atoms with E-state index in [0.29, 0.717) is 0 Å². The molecule has 8 heteroatoms. The Hall–Kier alpha value is -5.12. The molecular formula is C48H42N4O2S2. The number of ether oxygens (including phenoxy) is 2. The van der Waals surface area contributed by atoms with E-state index in [-0.39, 0.29) is 34.4 Å². The van der Waals surface area contributed by atoms with Crippen LogP contribution in [0.15, 0.2) is 82.6 Å². The van der Waals surface area contributed by atoms with Crippen molar-refractivity contribution in [2.45, 2.75) is 114 Å². The summed E-state index contributed by atoms with van der Waals surface area (Å²) in [5.74, 6) is 2.30. The Bertz CT molecular complexity index is 2300.